The maximum absolute atomic E-state index is 12.7. The second-order valence-electron chi connectivity index (χ2n) is 6.87. The van der Waals surface area contributed by atoms with Crippen LogP contribution in [0.1, 0.15) is 24.0 Å². The number of halogens is 3. The first-order chi connectivity index (χ1) is 13.7. The molecule has 29 heavy (non-hydrogen) atoms. The van der Waals surface area contributed by atoms with Gasteiger partial charge in [-0.3, -0.25) is 4.79 Å². The van der Waals surface area contributed by atoms with E-state index in [-0.39, 0.29) is 18.0 Å². The number of aromatic hydroxyl groups is 1. The number of alkyl halides is 3. The molecular formula is C19H24F3N5O2. The molecule has 0 bridgehead atoms. The third-order valence-electron chi connectivity index (χ3n) is 4.54. The number of piperidine rings is 1. The van der Waals surface area contributed by atoms with Gasteiger partial charge in [-0.1, -0.05) is 0 Å². The number of primary amides is 1. The van der Waals surface area contributed by atoms with Crippen molar-refractivity contribution in [3.05, 3.63) is 35.4 Å². The fraction of sp³-hybridized carbons (Fsp3) is 0.421. The number of aryl methyl sites for hydroxylation is 1. The summed E-state index contributed by atoms with van der Waals surface area (Å²) in [6.07, 6.45) is -2.09. The van der Waals surface area contributed by atoms with Crippen LogP contribution in [0.3, 0.4) is 0 Å². The number of aromatic nitrogens is 2. The molecule has 0 spiro atoms. The molecule has 2 heterocycles. The lowest BCUT2D eigenvalue weighted by atomic mass is 10.0. The molecule has 158 valence electrons. The standard InChI is InChI=1S/C18H21F3N4O.CH3NO/c1-11-8-16(22-13-4-3-7-25(2)10-13)23-24-17(11)14-6-5-12(9-15(14)26)18(19,20)21;2-1-3/h5-6,8-9,13,26H,3-4,7,10H2,1-2H3,(H,22,23);1H,(H2,2,3). The molecule has 0 saturated carbocycles. The van der Waals surface area contributed by atoms with Gasteiger partial charge in [0, 0.05) is 18.2 Å². The zero-order valence-electron chi connectivity index (χ0n) is 16.2. The van der Waals surface area contributed by atoms with Crippen molar-refractivity contribution in [2.75, 3.05) is 25.5 Å². The van der Waals surface area contributed by atoms with Crippen LogP contribution in [0.25, 0.3) is 11.3 Å². The SMILES string of the molecule is Cc1cc(NC2CCCN(C)C2)nnc1-c1ccc(C(F)(F)F)cc1O.NC=O. The van der Waals surface area contributed by atoms with Gasteiger partial charge in [0.2, 0.25) is 6.41 Å². The van der Waals surface area contributed by atoms with Crippen molar-refractivity contribution >= 4 is 12.2 Å². The second kappa shape index (κ2) is 9.55. The number of carbonyl (C=O) groups excluding carboxylic acids is 1. The third-order valence-corrected chi connectivity index (χ3v) is 4.54. The number of hydrogen-bond acceptors (Lipinski definition) is 6. The molecule has 3 rings (SSSR count). The van der Waals surface area contributed by atoms with Crippen molar-refractivity contribution in [2.24, 2.45) is 5.73 Å². The molecule has 1 atom stereocenters. The lowest BCUT2D eigenvalue weighted by molar-refractivity contribution is -0.137. The number of amides is 1. The minimum absolute atomic E-state index is 0.229. The van der Waals surface area contributed by atoms with E-state index in [1.807, 2.05) is 0 Å². The van der Waals surface area contributed by atoms with Gasteiger partial charge in [0.15, 0.2) is 0 Å². The van der Waals surface area contributed by atoms with Gasteiger partial charge in [0.05, 0.1) is 11.3 Å². The van der Waals surface area contributed by atoms with Crippen LogP contribution in [-0.2, 0) is 11.0 Å². The number of phenols is 1. The minimum Gasteiger partial charge on any atom is -0.507 e. The van der Waals surface area contributed by atoms with Crippen molar-refractivity contribution < 1.29 is 23.1 Å². The van der Waals surface area contributed by atoms with Crippen LogP contribution < -0.4 is 11.1 Å². The number of carbonyl (C=O) groups is 1. The molecule has 1 amide bonds. The third kappa shape index (κ3) is 6.05. The van der Waals surface area contributed by atoms with Gasteiger partial charge in [0.25, 0.3) is 0 Å². The van der Waals surface area contributed by atoms with Crippen molar-refractivity contribution in [2.45, 2.75) is 32.0 Å². The largest absolute Gasteiger partial charge is 0.507 e. The minimum atomic E-state index is -4.50. The van der Waals surface area contributed by atoms with Gasteiger partial charge in [0.1, 0.15) is 11.6 Å². The summed E-state index contributed by atoms with van der Waals surface area (Å²) in [5.41, 5.74) is 4.58. The highest BCUT2D eigenvalue weighted by molar-refractivity contribution is 5.70. The average Bonchev–Trinajstić information content (AvgIpc) is 2.62. The van der Waals surface area contributed by atoms with E-state index in [0.29, 0.717) is 17.6 Å². The van der Waals surface area contributed by atoms with Crippen LogP contribution in [-0.4, -0.2) is 52.8 Å². The molecule has 1 aliphatic rings. The number of likely N-dealkylation sites (N-methyl/N-ethyl adjacent to an activating group) is 1. The van der Waals surface area contributed by atoms with Gasteiger partial charge in [-0.15, -0.1) is 10.2 Å². The van der Waals surface area contributed by atoms with Crippen molar-refractivity contribution in [3.63, 3.8) is 0 Å². The summed E-state index contributed by atoms with van der Waals surface area (Å²) in [5, 5.41) is 21.6. The summed E-state index contributed by atoms with van der Waals surface area (Å²) in [5.74, 6) is 0.157. The van der Waals surface area contributed by atoms with Crippen LogP contribution in [0.2, 0.25) is 0 Å². The van der Waals surface area contributed by atoms with E-state index < -0.39 is 17.5 Å². The number of likely N-dealkylation sites (tertiary alicyclic amines) is 1. The summed E-state index contributed by atoms with van der Waals surface area (Å²) in [6, 6.07) is 4.94. The monoisotopic (exact) mass is 411 g/mol. The van der Waals surface area contributed by atoms with E-state index in [2.05, 4.69) is 33.2 Å². The summed E-state index contributed by atoms with van der Waals surface area (Å²) in [7, 11) is 2.07. The summed E-state index contributed by atoms with van der Waals surface area (Å²) >= 11 is 0. The molecule has 0 radical (unpaired) electrons. The fourth-order valence-electron chi connectivity index (χ4n) is 3.22. The van der Waals surface area contributed by atoms with Gasteiger partial charge >= 0.3 is 6.18 Å². The Morgan fingerprint density at radius 2 is 2.00 bits per heavy atom. The summed E-state index contributed by atoms with van der Waals surface area (Å²) in [4.78, 5) is 10.8. The number of benzene rings is 1. The lowest BCUT2D eigenvalue weighted by Gasteiger charge is -2.30. The Balaban J connectivity index is 0.000000941. The maximum Gasteiger partial charge on any atom is 0.416 e. The first kappa shape index (κ1) is 22.4. The summed E-state index contributed by atoms with van der Waals surface area (Å²) in [6.45, 7) is 3.79. The number of nitrogens with zero attached hydrogens (tertiary/aromatic N) is 3. The first-order valence-electron chi connectivity index (χ1n) is 9.01. The molecule has 1 fully saturated rings. The lowest BCUT2D eigenvalue weighted by Crippen LogP contribution is -2.39. The second-order valence-corrected chi connectivity index (χ2v) is 6.87. The normalized spacial score (nSPS) is 17.2. The van der Waals surface area contributed by atoms with Crippen LogP contribution in [0, 0.1) is 6.92 Å². The Hall–Kier alpha value is -2.88. The van der Waals surface area contributed by atoms with Gasteiger partial charge in [-0.25, -0.2) is 0 Å². The summed E-state index contributed by atoms with van der Waals surface area (Å²) < 4.78 is 38.2. The van der Waals surface area contributed by atoms with Crippen LogP contribution >= 0.6 is 0 Å². The zero-order valence-corrected chi connectivity index (χ0v) is 16.2. The first-order valence-corrected chi connectivity index (χ1v) is 9.01. The Morgan fingerprint density at radius 1 is 1.31 bits per heavy atom. The van der Waals surface area contributed by atoms with E-state index >= 15 is 0 Å². The average molecular weight is 411 g/mol. The van der Waals surface area contributed by atoms with E-state index in [0.717, 1.165) is 37.6 Å². The number of rotatable bonds is 3. The Labute approximate surface area is 166 Å². The predicted molar refractivity (Wildman–Crippen MR) is 103 cm³/mol. The molecule has 1 saturated heterocycles. The molecule has 1 aromatic carbocycles. The Morgan fingerprint density at radius 3 is 2.55 bits per heavy atom. The van der Waals surface area contributed by atoms with Crippen LogP contribution in [0.5, 0.6) is 5.75 Å². The number of nitrogens with one attached hydrogen (secondary N) is 1. The molecular weight excluding hydrogens is 387 g/mol. The van der Waals surface area contributed by atoms with E-state index in [1.165, 1.54) is 6.07 Å². The Kier molecular flexibility index (Phi) is 7.38. The molecule has 10 heteroatoms. The molecule has 1 aromatic heterocycles. The quantitative estimate of drug-likeness (QED) is 0.671. The van der Waals surface area contributed by atoms with Crippen molar-refractivity contribution in [1.82, 2.24) is 15.1 Å². The van der Waals surface area contributed by atoms with Gasteiger partial charge in [-0.2, -0.15) is 13.2 Å². The van der Waals surface area contributed by atoms with E-state index in [1.54, 1.807) is 13.0 Å². The molecule has 1 aliphatic heterocycles. The maximum atomic E-state index is 12.7. The highest BCUT2D eigenvalue weighted by Gasteiger charge is 2.31. The number of phenolic OH excluding ortho intramolecular Hbond substituents is 1. The number of anilines is 1. The highest BCUT2D eigenvalue weighted by atomic mass is 19.4. The van der Waals surface area contributed by atoms with Gasteiger partial charge < -0.3 is 21.1 Å². The molecule has 7 nitrogen and oxygen atoms in total. The fourth-order valence-corrected chi connectivity index (χ4v) is 3.22. The zero-order chi connectivity index (χ0) is 21.6. The molecule has 0 aliphatic carbocycles. The van der Waals surface area contributed by atoms with E-state index in [4.69, 9.17) is 4.79 Å². The van der Waals surface area contributed by atoms with Crippen LogP contribution in [0.4, 0.5) is 19.0 Å². The van der Waals surface area contributed by atoms with Crippen LogP contribution in [0.15, 0.2) is 24.3 Å². The molecule has 2 aromatic rings. The highest BCUT2D eigenvalue weighted by Crippen LogP contribution is 2.36. The van der Waals surface area contributed by atoms with Gasteiger partial charge in [-0.05, 0) is 63.2 Å². The predicted octanol–water partition coefficient (Wildman–Crippen LogP) is 2.78. The Bertz CT molecular complexity index is 845. The number of nitrogens with two attached hydrogens (primary N) is 1. The molecule has 1 unspecified atom stereocenters. The topological polar surface area (TPSA) is 104 Å². The number of hydrogen-bond donors (Lipinski definition) is 3. The van der Waals surface area contributed by atoms with Crippen molar-refractivity contribution in [3.8, 4) is 17.0 Å². The molecule has 4 N–H and O–H groups in total. The smallest absolute Gasteiger partial charge is 0.416 e. The van der Waals surface area contributed by atoms with Crippen molar-refractivity contribution in [1.29, 1.82) is 0 Å². The van der Waals surface area contributed by atoms with E-state index in [9.17, 15) is 18.3 Å².